The summed E-state index contributed by atoms with van der Waals surface area (Å²) in [5.74, 6) is -1.06. The van der Waals surface area contributed by atoms with E-state index in [4.69, 9.17) is 19.9 Å². The van der Waals surface area contributed by atoms with Crippen molar-refractivity contribution in [1.82, 2.24) is 0 Å². The van der Waals surface area contributed by atoms with E-state index in [9.17, 15) is 19.5 Å². The van der Waals surface area contributed by atoms with Crippen molar-refractivity contribution in [2.45, 2.75) is 78.6 Å². The summed E-state index contributed by atoms with van der Waals surface area (Å²) >= 11 is 0. The van der Waals surface area contributed by atoms with Gasteiger partial charge in [0, 0.05) is 25.2 Å². The molecule has 0 radical (unpaired) electrons. The van der Waals surface area contributed by atoms with Gasteiger partial charge in [-0.3, -0.25) is 9.59 Å². The molecule has 0 bridgehead atoms. The molecule has 6 atom stereocenters. The molecule has 1 rings (SSSR count). The zero-order valence-electron chi connectivity index (χ0n) is 20.6. The van der Waals surface area contributed by atoms with Crippen LogP contribution in [0, 0.1) is 17.8 Å². The van der Waals surface area contributed by atoms with Crippen molar-refractivity contribution >= 4 is 18.0 Å². The Bertz CT molecular complexity index is 769. The topological polar surface area (TPSA) is 125 Å². The summed E-state index contributed by atoms with van der Waals surface area (Å²) in [6.07, 6.45) is 8.02. The zero-order chi connectivity index (χ0) is 25.2. The van der Waals surface area contributed by atoms with E-state index in [1.807, 2.05) is 45.9 Å². The minimum atomic E-state index is -1.26. The lowest BCUT2D eigenvalue weighted by atomic mass is 9.87. The van der Waals surface area contributed by atoms with Crippen LogP contribution in [-0.2, 0) is 23.8 Å². The molecule has 0 aromatic carbocycles. The fourth-order valence-electron chi connectivity index (χ4n) is 3.56. The second-order valence-electron chi connectivity index (χ2n) is 9.29. The minimum absolute atomic E-state index is 0.00315. The highest BCUT2D eigenvalue weighted by atomic mass is 16.6. The van der Waals surface area contributed by atoms with Gasteiger partial charge < -0.3 is 25.1 Å². The van der Waals surface area contributed by atoms with Gasteiger partial charge in [-0.1, -0.05) is 45.1 Å². The van der Waals surface area contributed by atoms with Gasteiger partial charge >= 0.3 is 18.0 Å². The first kappa shape index (κ1) is 28.4. The quantitative estimate of drug-likeness (QED) is 0.264. The molecule has 33 heavy (non-hydrogen) atoms. The number of carbonyl (C=O) groups is 3. The first-order valence-electron chi connectivity index (χ1n) is 11.4. The molecule has 186 valence electrons. The van der Waals surface area contributed by atoms with Crippen LogP contribution in [0.3, 0.4) is 0 Å². The third-order valence-corrected chi connectivity index (χ3v) is 5.63. The third kappa shape index (κ3) is 10.7. The highest BCUT2D eigenvalue weighted by molar-refractivity contribution is 5.70. The molecular weight excluding hydrogens is 426 g/mol. The largest absolute Gasteiger partial charge is 0.457 e. The summed E-state index contributed by atoms with van der Waals surface area (Å²) in [5, 5.41) is 11.0. The number of aliphatic hydroxyl groups is 1. The molecule has 0 fully saturated rings. The molecule has 1 aliphatic rings. The number of rotatable bonds is 6. The van der Waals surface area contributed by atoms with E-state index in [2.05, 4.69) is 0 Å². The van der Waals surface area contributed by atoms with E-state index in [1.54, 1.807) is 19.1 Å². The predicted octanol–water partition coefficient (Wildman–Crippen LogP) is 3.83. The molecule has 0 aromatic rings. The Morgan fingerprint density at radius 2 is 2.00 bits per heavy atom. The van der Waals surface area contributed by atoms with E-state index in [-0.39, 0.29) is 36.8 Å². The summed E-state index contributed by atoms with van der Waals surface area (Å²) in [5.41, 5.74) is 4.54. The number of amides is 1. The Hall–Kier alpha value is -2.61. The highest BCUT2D eigenvalue weighted by Crippen LogP contribution is 2.28. The molecule has 0 aliphatic carbocycles. The number of hydrogen-bond donors (Lipinski definition) is 2. The van der Waals surface area contributed by atoms with Crippen molar-refractivity contribution < 1.29 is 33.7 Å². The monoisotopic (exact) mass is 465 g/mol. The highest BCUT2D eigenvalue weighted by Gasteiger charge is 2.34. The van der Waals surface area contributed by atoms with Crippen LogP contribution in [0.5, 0.6) is 0 Å². The number of carbonyl (C=O) groups excluding carboxylic acids is 3. The maximum atomic E-state index is 12.6. The SMILES string of the molecule is CC(=O)O[C@H]1/C=C/[C@H](C)[C@@H](/C(C)=C/C=C/[C@@H](C)COC(N)=O)OC(=O)C[C@H](C)CC[C@@]1(C)O. The minimum Gasteiger partial charge on any atom is -0.457 e. The Morgan fingerprint density at radius 3 is 2.61 bits per heavy atom. The van der Waals surface area contributed by atoms with Crippen molar-refractivity contribution in [3.8, 4) is 0 Å². The van der Waals surface area contributed by atoms with E-state index >= 15 is 0 Å². The first-order valence-corrected chi connectivity index (χ1v) is 11.4. The molecular formula is C25H39NO7. The van der Waals surface area contributed by atoms with Crippen molar-refractivity contribution in [2.75, 3.05) is 6.61 Å². The molecule has 0 saturated heterocycles. The molecule has 8 heteroatoms. The van der Waals surface area contributed by atoms with Gasteiger partial charge in [-0.2, -0.15) is 0 Å². The van der Waals surface area contributed by atoms with Gasteiger partial charge in [-0.15, -0.1) is 0 Å². The molecule has 3 N–H and O–H groups in total. The molecule has 0 saturated carbocycles. The zero-order valence-corrected chi connectivity index (χ0v) is 20.6. The van der Waals surface area contributed by atoms with E-state index in [0.717, 1.165) is 5.57 Å². The summed E-state index contributed by atoms with van der Waals surface area (Å²) < 4.78 is 16.0. The lowest BCUT2D eigenvalue weighted by Gasteiger charge is -2.32. The van der Waals surface area contributed by atoms with Crippen LogP contribution < -0.4 is 5.73 Å². The van der Waals surface area contributed by atoms with Crippen LogP contribution in [0.25, 0.3) is 0 Å². The standard InChI is InChI=1S/C25H39NO7/c1-16-12-13-25(6,30)21(32-20(5)27)11-10-19(4)23(33-22(28)14-16)18(3)9-7-8-17(2)15-31-24(26)29/h7-11,16-17,19,21,23,30H,12-15H2,1-6H3,(H2,26,29)/b8-7+,11-10+,18-9+/t16-,17-,19+,21+,23-,25-/m1/s1. The molecule has 1 aliphatic heterocycles. The Labute approximate surface area is 196 Å². The van der Waals surface area contributed by atoms with Gasteiger partial charge in [0.15, 0.2) is 0 Å². The van der Waals surface area contributed by atoms with Gasteiger partial charge in [0.1, 0.15) is 17.8 Å². The predicted molar refractivity (Wildman–Crippen MR) is 125 cm³/mol. The van der Waals surface area contributed by atoms with Crippen molar-refractivity contribution in [2.24, 2.45) is 23.5 Å². The van der Waals surface area contributed by atoms with Crippen LogP contribution in [-0.4, -0.2) is 47.6 Å². The average Bonchev–Trinajstić information content (AvgIpc) is 2.70. The van der Waals surface area contributed by atoms with Crippen LogP contribution in [0.2, 0.25) is 0 Å². The summed E-state index contributed by atoms with van der Waals surface area (Å²) in [7, 11) is 0. The van der Waals surface area contributed by atoms with E-state index in [0.29, 0.717) is 12.8 Å². The van der Waals surface area contributed by atoms with Crippen molar-refractivity contribution in [3.63, 3.8) is 0 Å². The summed E-state index contributed by atoms with van der Waals surface area (Å²) in [6, 6.07) is 0. The molecule has 0 unspecified atom stereocenters. The third-order valence-electron chi connectivity index (χ3n) is 5.63. The number of allylic oxidation sites excluding steroid dienone is 2. The van der Waals surface area contributed by atoms with Gasteiger partial charge in [-0.05, 0) is 44.3 Å². The molecule has 8 nitrogen and oxygen atoms in total. The normalized spacial score (nSPS) is 31.6. The second kappa shape index (κ2) is 13.2. The van der Waals surface area contributed by atoms with Crippen LogP contribution >= 0.6 is 0 Å². The van der Waals surface area contributed by atoms with Crippen molar-refractivity contribution in [1.29, 1.82) is 0 Å². The number of ether oxygens (including phenoxy) is 3. The smallest absolute Gasteiger partial charge is 0.404 e. The number of cyclic esters (lactones) is 1. The number of primary amides is 1. The summed E-state index contributed by atoms with van der Waals surface area (Å²) in [4.78, 5) is 34.9. The van der Waals surface area contributed by atoms with Gasteiger partial charge in [-0.25, -0.2) is 4.79 Å². The second-order valence-corrected chi connectivity index (χ2v) is 9.29. The summed E-state index contributed by atoms with van der Waals surface area (Å²) in [6.45, 7) is 10.7. The first-order chi connectivity index (χ1) is 15.3. The van der Waals surface area contributed by atoms with E-state index in [1.165, 1.54) is 6.92 Å². The lowest BCUT2D eigenvalue weighted by Crippen LogP contribution is -2.41. The maximum absolute atomic E-state index is 12.6. The Morgan fingerprint density at radius 1 is 1.33 bits per heavy atom. The van der Waals surface area contributed by atoms with Gasteiger partial charge in [0.2, 0.25) is 0 Å². The molecule has 0 spiro atoms. The Balaban J connectivity index is 3.14. The Kier molecular flexibility index (Phi) is 11.4. The van der Waals surface area contributed by atoms with Crippen LogP contribution in [0.1, 0.15) is 60.8 Å². The fourth-order valence-corrected chi connectivity index (χ4v) is 3.56. The number of hydrogen-bond acceptors (Lipinski definition) is 7. The van der Waals surface area contributed by atoms with Gasteiger partial charge in [0.05, 0.1) is 6.61 Å². The fraction of sp³-hybridized carbons (Fsp3) is 0.640. The number of esters is 2. The van der Waals surface area contributed by atoms with Gasteiger partial charge in [0.25, 0.3) is 0 Å². The van der Waals surface area contributed by atoms with Crippen LogP contribution in [0.4, 0.5) is 4.79 Å². The molecule has 1 amide bonds. The van der Waals surface area contributed by atoms with Crippen molar-refractivity contribution in [3.05, 3.63) is 36.0 Å². The molecule has 1 heterocycles. The number of nitrogens with two attached hydrogens (primary N) is 1. The lowest BCUT2D eigenvalue weighted by molar-refractivity contribution is -0.156. The van der Waals surface area contributed by atoms with E-state index < -0.39 is 29.9 Å². The van der Waals surface area contributed by atoms with Crippen LogP contribution in [0.15, 0.2) is 36.0 Å². The average molecular weight is 466 g/mol. The maximum Gasteiger partial charge on any atom is 0.404 e. The molecule has 0 aromatic heterocycles.